The molecule has 1 atom stereocenters. The highest BCUT2D eigenvalue weighted by Gasteiger charge is 2.50. The van der Waals surface area contributed by atoms with Crippen LogP contribution in [0.5, 0.6) is 0 Å². The average Bonchev–Trinajstić information content (AvgIpc) is 3.05. The summed E-state index contributed by atoms with van der Waals surface area (Å²) in [7, 11) is 0. The van der Waals surface area contributed by atoms with E-state index >= 15 is 0 Å². The molecule has 0 aliphatic carbocycles. The summed E-state index contributed by atoms with van der Waals surface area (Å²) in [5.41, 5.74) is 3.57. The minimum Gasteiger partial charge on any atom is -0.375 e. The molecular formula is C31H31NO3. The lowest BCUT2D eigenvalue weighted by Gasteiger charge is -2.23. The van der Waals surface area contributed by atoms with Crippen LogP contribution in [0.3, 0.4) is 0 Å². The number of hydrogen-bond acceptors (Lipinski definition) is 3. The number of benzene rings is 3. The molecule has 0 saturated carbocycles. The Morgan fingerprint density at radius 2 is 1.71 bits per heavy atom. The van der Waals surface area contributed by atoms with E-state index in [1.165, 1.54) is 11.6 Å². The van der Waals surface area contributed by atoms with Gasteiger partial charge in [-0.05, 0) is 47.2 Å². The number of rotatable bonds is 8. The standard InChI is InChI=1S/C31H31NO3/c1-22(2)25-18-17-23(3)26(19-25)21-32-29-16-10-9-15-28(29)31(35,30(32)34)20-27(33)14-8-7-13-24-11-5-4-6-12-24/h4-19,22,35H,20-21H2,1-3H3. The van der Waals surface area contributed by atoms with Gasteiger partial charge in [-0.25, -0.2) is 0 Å². The number of carbonyl (C=O) groups excluding carboxylic acids is 2. The van der Waals surface area contributed by atoms with Crippen molar-refractivity contribution >= 4 is 23.5 Å². The van der Waals surface area contributed by atoms with Crippen LogP contribution in [0.15, 0.2) is 91.0 Å². The number of fused-ring (bicyclic) bond motifs is 1. The SMILES string of the molecule is Cc1ccc(C(C)C)cc1CN1C(=O)C(O)(CC(=O)C=CC=Cc2ccccc2)c2ccccc21. The fourth-order valence-corrected chi connectivity index (χ4v) is 4.43. The third kappa shape index (κ3) is 5.18. The first-order valence-corrected chi connectivity index (χ1v) is 12.0. The van der Waals surface area contributed by atoms with Crippen LogP contribution < -0.4 is 4.90 Å². The number of ketones is 1. The van der Waals surface area contributed by atoms with Gasteiger partial charge in [-0.1, -0.05) is 98.8 Å². The molecule has 1 aliphatic heterocycles. The van der Waals surface area contributed by atoms with E-state index in [4.69, 9.17) is 0 Å². The molecule has 0 spiro atoms. The van der Waals surface area contributed by atoms with Crippen LogP contribution in [-0.2, 0) is 21.7 Å². The summed E-state index contributed by atoms with van der Waals surface area (Å²) < 4.78 is 0. The lowest BCUT2D eigenvalue weighted by molar-refractivity contribution is -0.140. The zero-order valence-corrected chi connectivity index (χ0v) is 20.4. The van der Waals surface area contributed by atoms with Gasteiger partial charge in [0.15, 0.2) is 11.4 Å². The first-order valence-electron chi connectivity index (χ1n) is 12.0. The Labute approximate surface area is 207 Å². The summed E-state index contributed by atoms with van der Waals surface area (Å²) in [4.78, 5) is 27.9. The van der Waals surface area contributed by atoms with Gasteiger partial charge in [-0.15, -0.1) is 0 Å². The van der Waals surface area contributed by atoms with Crippen LogP contribution in [0.2, 0.25) is 0 Å². The number of amides is 1. The van der Waals surface area contributed by atoms with Crippen LogP contribution in [0, 0.1) is 6.92 Å². The molecule has 4 heteroatoms. The molecule has 0 bridgehead atoms. The number of nitrogens with zero attached hydrogens (tertiary/aromatic N) is 1. The molecule has 178 valence electrons. The monoisotopic (exact) mass is 465 g/mol. The topological polar surface area (TPSA) is 57.6 Å². The van der Waals surface area contributed by atoms with E-state index in [9.17, 15) is 14.7 Å². The highest BCUT2D eigenvalue weighted by Crippen LogP contribution is 2.43. The van der Waals surface area contributed by atoms with Crippen molar-refractivity contribution in [1.29, 1.82) is 0 Å². The molecule has 4 rings (SSSR count). The van der Waals surface area contributed by atoms with Crippen molar-refractivity contribution in [2.24, 2.45) is 0 Å². The van der Waals surface area contributed by atoms with Gasteiger partial charge in [0, 0.05) is 5.56 Å². The van der Waals surface area contributed by atoms with Crippen molar-refractivity contribution < 1.29 is 14.7 Å². The maximum Gasteiger partial charge on any atom is 0.264 e. The van der Waals surface area contributed by atoms with Crippen LogP contribution in [-0.4, -0.2) is 16.8 Å². The predicted octanol–water partition coefficient (Wildman–Crippen LogP) is 6.08. The predicted molar refractivity (Wildman–Crippen MR) is 141 cm³/mol. The highest BCUT2D eigenvalue weighted by molar-refractivity contribution is 6.09. The normalized spacial score (nSPS) is 17.6. The minimum absolute atomic E-state index is 0.306. The number of para-hydroxylation sites is 1. The zero-order valence-electron chi connectivity index (χ0n) is 20.4. The Kier molecular flexibility index (Phi) is 7.13. The van der Waals surface area contributed by atoms with Crippen LogP contribution in [0.4, 0.5) is 5.69 Å². The second-order valence-corrected chi connectivity index (χ2v) is 9.38. The number of anilines is 1. The Morgan fingerprint density at radius 3 is 2.46 bits per heavy atom. The largest absolute Gasteiger partial charge is 0.375 e. The zero-order chi connectivity index (χ0) is 25.0. The number of carbonyl (C=O) groups is 2. The van der Waals surface area contributed by atoms with E-state index in [0.717, 1.165) is 16.7 Å². The molecular weight excluding hydrogens is 434 g/mol. The summed E-state index contributed by atoms with van der Waals surface area (Å²) in [6, 6.07) is 23.3. The van der Waals surface area contributed by atoms with Crippen molar-refractivity contribution in [1.82, 2.24) is 0 Å². The van der Waals surface area contributed by atoms with E-state index in [2.05, 4.69) is 32.0 Å². The maximum absolute atomic E-state index is 13.6. The average molecular weight is 466 g/mol. The van der Waals surface area contributed by atoms with E-state index in [-0.39, 0.29) is 12.2 Å². The quantitative estimate of drug-likeness (QED) is 0.324. The molecule has 0 fully saturated rings. The molecule has 3 aromatic rings. The Hall–Kier alpha value is -3.76. The number of aliphatic hydroxyl groups is 1. The summed E-state index contributed by atoms with van der Waals surface area (Å²) >= 11 is 0. The Balaban J connectivity index is 1.55. The lowest BCUT2D eigenvalue weighted by Crippen LogP contribution is -2.41. The van der Waals surface area contributed by atoms with E-state index < -0.39 is 11.5 Å². The molecule has 1 heterocycles. The molecule has 1 unspecified atom stereocenters. The van der Waals surface area contributed by atoms with Crippen LogP contribution in [0.25, 0.3) is 6.08 Å². The number of hydrogen-bond donors (Lipinski definition) is 1. The third-order valence-corrected chi connectivity index (χ3v) is 6.52. The summed E-state index contributed by atoms with van der Waals surface area (Å²) in [5, 5.41) is 11.5. The third-order valence-electron chi connectivity index (χ3n) is 6.52. The second-order valence-electron chi connectivity index (χ2n) is 9.38. The molecule has 1 amide bonds. The summed E-state index contributed by atoms with van der Waals surface area (Å²) in [6.45, 7) is 6.64. The first-order chi connectivity index (χ1) is 16.8. The minimum atomic E-state index is -1.88. The van der Waals surface area contributed by atoms with Crippen molar-refractivity contribution in [3.63, 3.8) is 0 Å². The maximum atomic E-state index is 13.6. The second kappa shape index (κ2) is 10.2. The highest BCUT2D eigenvalue weighted by atomic mass is 16.3. The molecule has 3 aromatic carbocycles. The number of aryl methyl sites for hydroxylation is 1. The molecule has 0 aromatic heterocycles. The van der Waals surface area contributed by atoms with Crippen molar-refractivity contribution in [3.8, 4) is 0 Å². The Bertz CT molecular complexity index is 1290. The van der Waals surface area contributed by atoms with Crippen molar-refractivity contribution in [2.45, 2.75) is 45.3 Å². The molecule has 4 nitrogen and oxygen atoms in total. The lowest BCUT2D eigenvalue weighted by atomic mass is 9.90. The first kappa shape index (κ1) is 24.4. The summed E-state index contributed by atoms with van der Waals surface area (Å²) in [5.74, 6) is -0.406. The summed E-state index contributed by atoms with van der Waals surface area (Å²) in [6.07, 6.45) is 6.41. The van der Waals surface area contributed by atoms with Crippen LogP contribution in [0.1, 0.15) is 54.0 Å². The molecule has 0 saturated heterocycles. The van der Waals surface area contributed by atoms with E-state index in [1.54, 1.807) is 29.2 Å². The number of allylic oxidation sites excluding steroid dienone is 3. The fraction of sp³-hybridized carbons (Fsp3) is 0.226. The van der Waals surface area contributed by atoms with Gasteiger partial charge in [-0.2, -0.15) is 0 Å². The van der Waals surface area contributed by atoms with Crippen LogP contribution >= 0.6 is 0 Å². The van der Waals surface area contributed by atoms with Gasteiger partial charge >= 0.3 is 0 Å². The van der Waals surface area contributed by atoms with Gasteiger partial charge in [0.1, 0.15) is 0 Å². The molecule has 35 heavy (non-hydrogen) atoms. The molecule has 1 N–H and O–H groups in total. The van der Waals surface area contributed by atoms with Gasteiger partial charge in [0.05, 0.1) is 18.7 Å². The van der Waals surface area contributed by atoms with Crippen molar-refractivity contribution in [3.05, 3.63) is 119 Å². The van der Waals surface area contributed by atoms with E-state index in [1.807, 2.05) is 55.5 Å². The van der Waals surface area contributed by atoms with Gasteiger partial charge < -0.3 is 10.0 Å². The molecule has 0 radical (unpaired) electrons. The fourth-order valence-electron chi connectivity index (χ4n) is 4.43. The van der Waals surface area contributed by atoms with Gasteiger partial charge in [-0.3, -0.25) is 9.59 Å². The molecule has 1 aliphatic rings. The smallest absolute Gasteiger partial charge is 0.264 e. The van der Waals surface area contributed by atoms with Gasteiger partial charge in [0.25, 0.3) is 5.91 Å². The Morgan fingerprint density at radius 1 is 1.00 bits per heavy atom. The van der Waals surface area contributed by atoms with Crippen molar-refractivity contribution in [2.75, 3.05) is 4.90 Å². The van der Waals surface area contributed by atoms with Gasteiger partial charge in [0.2, 0.25) is 0 Å². The van der Waals surface area contributed by atoms with E-state index in [0.29, 0.717) is 23.7 Å².